The van der Waals surface area contributed by atoms with Gasteiger partial charge in [-0.25, -0.2) is 0 Å². The zero-order valence-corrected chi connectivity index (χ0v) is 6.72. The summed E-state index contributed by atoms with van der Waals surface area (Å²) in [5, 5.41) is 3.44. The van der Waals surface area contributed by atoms with Crippen molar-refractivity contribution in [3.8, 4) is 0 Å². The molecule has 1 aliphatic carbocycles. The Balaban J connectivity index is 2.09. The van der Waals surface area contributed by atoms with E-state index in [1.54, 1.807) is 0 Å². The van der Waals surface area contributed by atoms with E-state index in [1.165, 1.54) is 12.1 Å². The van der Waals surface area contributed by atoms with Crippen LogP contribution in [0.4, 0.5) is 0 Å². The predicted octanol–water partition coefficient (Wildman–Crippen LogP) is 1.76. The highest BCUT2D eigenvalue weighted by Crippen LogP contribution is 2.49. The van der Waals surface area contributed by atoms with Crippen molar-refractivity contribution in [3.05, 3.63) is 12.3 Å². The Morgan fingerprint density at radius 1 is 1.50 bits per heavy atom. The second-order valence-electron chi connectivity index (χ2n) is 3.89. The number of rotatable bonds is 0. The second kappa shape index (κ2) is 1.77. The number of hydrogen-bond donors (Lipinski definition) is 1. The van der Waals surface area contributed by atoms with Crippen LogP contribution in [0.3, 0.4) is 0 Å². The quantitative estimate of drug-likeness (QED) is 0.536. The summed E-state index contributed by atoms with van der Waals surface area (Å²) in [4.78, 5) is 0. The van der Waals surface area contributed by atoms with Crippen LogP contribution in [0.15, 0.2) is 12.3 Å². The van der Waals surface area contributed by atoms with Crippen LogP contribution < -0.4 is 5.32 Å². The lowest BCUT2D eigenvalue weighted by atomic mass is 9.97. The lowest BCUT2D eigenvalue weighted by Crippen LogP contribution is -2.25. The molecule has 0 bridgehead atoms. The van der Waals surface area contributed by atoms with Crippen molar-refractivity contribution in [3.63, 3.8) is 0 Å². The molecule has 0 amide bonds. The van der Waals surface area contributed by atoms with Gasteiger partial charge < -0.3 is 5.32 Å². The van der Waals surface area contributed by atoms with Gasteiger partial charge in [0.1, 0.15) is 0 Å². The largest absolute Gasteiger partial charge is 0.385 e. The van der Waals surface area contributed by atoms with Crippen LogP contribution in [0.2, 0.25) is 0 Å². The molecule has 1 heterocycles. The maximum atomic E-state index is 3.96. The fraction of sp³-hybridized carbons (Fsp3) is 0.778. The molecule has 10 heavy (non-hydrogen) atoms. The highest BCUT2D eigenvalue weighted by Gasteiger charge is 2.52. The van der Waals surface area contributed by atoms with E-state index in [0.717, 1.165) is 23.8 Å². The van der Waals surface area contributed by atoms with Crippen molar-refractivity contribution in [1.82, 2.24) is 5.32 Å². The Morgan fingerprint density at radius 2 is 2.20 bits per heavy atom. The predicted molar refractivity (Wildman–Crippen MR) is 42.5 cm³/mol. The maximum absolute atomic E-state index is 3.96. The summed E-state index contributed by atoms with van der Waals surface area (Å²) in [7, 11) is 0. The maximum Gasteiger partial charge on any atom is 0.0321 e. The van der Waals surface area contributed by atoms with Gasteiger partial charge >= 0.3 is 0 Å². The van der Waals surface area contributed by atoms with Crippen molar-refractivity contribution in [2.45, 2.75) is 26.3 Å². The molecule has 2 fully saturated rings. The van der Waals surface area contributed by atoms with Gasteiger partial charge in [-0.05, 0) is 24.2 Å². The Bertz CT molecular complexity index is 164. The van der Waals surface area contributed by atoms with Crippen LogP contribution in [-0.4, -0.2) is 6.04 Å². The number of piperidine rings is 1. The van der Waals surface area contributed by atoms with E-state index in [0.29, 0.717) is 0 Å². The molecular formula is C9H15N. The number of hydrogen-bond acceptors (Lipinski definition) is 1. The third kappa shape index (κ3) is 0.695. The molecule has 4 atom stereocenters. The van der Waals surface area contributed by atoms with Gasteiger partial charge in [0.2, 0.25) is 0 Å². The molecule has 1 nitrogen and oxygen atoms in total. The van der Waals surface area contributed by atoms with Crippen LogP contribution in [0.25, 0.3) is 0 Å². The van der Waals surface area contributed by atoms with Crippen LogP contribution in [-0.2, 0) is 0 Å². The van der Waals surface area contributed by atoms with Crippen molar-refractivity contribution < 1.29 is 0 Å². The lowest BCUT2D eigenvalue weighted by Gasteiger charge is -2.20. The van der Waals surface area contributed by atoms with E-state index < -0.39 is 0 Å². The minimum Gasteiger partial charge on any atom is -0.385 e. The van der Waals surface area contributed by atoms with Gasteiger partial charge in [-0.15, -0.1) is 0 Å². The molecule has 1 aliphatic heterocycles. The monoisotopic (exact) mass is 137 g/mol. The fourth-order valence-electron chi connectivity index (χ4n) is 2.41. The minimum absolute atomic E-state index is 0.774. The summed E-state index contributed by atoms with van der Waals surface area (Å²) in [5.74, 6) is 2.72. The molecule has 0 aromatic carbocycles. The van der Waals surface area contributed by atoms with Crippen LogP contribution in [0.5, 0.6) is 0 Å². The van der Waals surface area contributed by atoms with E-state index in [9.17, 15) is 0 Å². The average Bonchev–Trinajstić information content (AvgIpc) is 2.42. The highest BCUT2D eigenvalue weighted by molar-refractivity contribution is 5.14. The second-order valence-corrected chi connectivity index (χ2v) is 3.89. The highest BCUT2D eigenvalue weighted by atomic mass is 15.0. The summed E-state index contributed by atoms with van der Waals surface area (Å²) < 4.78 is 0. The lowest BCUT2D eigenvalue weighted by molar-refractivity contribution is 0.421. The summed E-state index contributed by atoms with van der Waals surface area (Å²) >= 11 is 0. The first-order valence-electron chi connectivity index (χ1n) is 4.14. The van der Waals surface area contributed by atoms with Crippen LogP contribution >= 0.6 is 0 Å². The zero-order chi connectivity index (χ0) is 7.30. The molecule has 1 N–H and O–H groups in total. The van der Waals surface area contributed by atoms with E-state index >= 15 is 0 Å². The summed E-state index contributed by atoms with van der Waals surface area (Å²) in [6.45, 7) is 8.64. The van der Waals surface area contributed by atoms with Gasteiger partial charge in [-0.1, -0.05) is 20.4 Å². The van der Waals surface area contributed by atoms with E-state index in [1.807, 2.05) is 0 Å². The Morgan fingerprint density at radius 3 is 2.80 bits per heavy atom. The third-order valence-electron chi connectivity index (χ3n) is 3.04. The molecule has 1 heteroatoms. The minimum atomic E-state index is 0.774. The first-order valence-corrected chi connectivity index (χ1v) is 4.14. The summed E-state index contributed by atoms with van der Waals surface area (Å²) in [6, 6.07) is 0.774. The number of fused-ring (bicyclic) bond motifs is 1. The summed E-state index contributed by atoms with van der Waals surface area (Å²) in [6.07, 6.45) is 1.19. The first kappa shape index (κ1) is 6.26. The molecule has 56 valence electrons. The summed E-state index contributed by atoms with van der Waals surface area (Å²) in [5.41, 5.74) is 1.25. The molecule has 0 spiro atoms. The standard InChI is InChI=1S/C9H15N/c1-5-4-6(2)10-9-7(3)8(5)9/h5,7-10H,2,4H2,1,3H3/t5-,7-,8-,9+/m0/s1. The van der Waals surface area contributed by atoms with Gasteiger partial charge in [-0.2, -0.15) is 0 Å². The zero-order valence-electron chi connectivity index (χ0n) is 6.72. The Hall–Kier alpha value is -0.460. The number of allylic oxidation sites excluding steroid dienone is 1. The molecule has 2 rings (SSSR count). The number of nitrogens with one attached hydrogen (secondary N) is 1. The molecule has 1 saturated carbocycles. The van der Waals surface area contributed by atoms with Gasteiger partial charge in [0.05, 0.1) is 0 Å². The van der Waals surface area contributed by atoms with Crippen molar-refractivity contribution in [2.24, 2.45) is 17.8 Å². The van der Waals surface area contributed by atoms with E-state index in [-0.39, 0.29) is 0 Å². The van der Waals surface area contributed by atoms with Crippen molar-refractivity contribution in [2.75, 3.05) is 0 Å². The van der Waals surface area contributed by atoms with E-state index in [2.05, 4.69) is 25.7 Å². The fourth-order valence-corrected chi connectivity index (χ4v) is 2.41. The topological polar surface area (TPSA) is 12.0 Å². The smallest absolute Gasteiger partial charge is 0.0321 e. The molecule has 1 saturated heterocycles. The van der Waals surface area contributed by atoms with Gasteiger partial charge in [0, 0.05) is 11.7 Å². The normalized spacial score (nSPS) is 51.6. The average molecular weight is 137 g/mol. The van der Waals surface area contributed by atoms with E-state index in [4.69, 9.17) is 0 Å². The van der Waals surface area contributed by atoms with Gasteiger partial charge in [-0.3, -0.25) is 0 Å². The SMILES string of the molecule is C=C1C[C@H](C)[C@H]2[C@H](C)[C@H]2N1. The van der Waals surface area contributed by atoms with Crippen LogP contribution in [0.1, 0.15) is 20.3 Å². The molecule has 0 aromatic heterocycles. The first-order chi connectivity index (χ1) is 4.70. The molecule has 0 aromatic rings. The Labute approximate surface area is 62.5 Å². The molecular weight excluding hydrogens is 122 g/mol. The molecule has 0 unspecified atom stereocenters. The van der Waals surface area contributed by atoms with Gasteiger partial charge in [0.15, 0.2) is 0 Å². The van der Waals surface area contributed by atoms with Crippen molar-refractivity contribution >= 4 is 0 Å². The third-order valence-corrected chi connectivity index (χ3v) is 3.04. The van der Waals surface area contributed by atoms with Crippen molar-refractivity contribution in [1.29, 1.82) is 0 Å². The molecule has 2 aliphatic rings. The molecule has 0 radical (unpaired) electrons. The van der Waals surface area contributed by atoms with Crippen LogP contribution in [0, 0.1) is 17.8 Å². The van der Waals surface area contributed by atoms with Gasteiger partial charge in [0.25, 0.3) is 0 Å². The Kier molecular flexibility index (Phi) is 1.11.